The number of hydrogen-bond acceptors (Lipinski definition) is 5. The second-order valence-electron chi connectivity index (χ2n) is 10.9. The van der Waals surface area contributed by atoms with Gasteiger partial charge in [-0.2, -0.15) is 0 Å². The number of nitrogens with zero attached hydrogens (tertiary/aromatic N) is 1. The van der Waals surface area contributed by atoms with Gasteiger partial charge < -0.3 is 25.6 Å². The van der Waals surface area contributed by atoms with Gasteiger partial charge in [0.2, 0.25) is 17.7 Å². The molecular formula is C30H37ClF2N4O4. The van der Waals surface area contributed by atoms with Crippen LogP contribution in [0, 0.1) is 17.6 Å². The van der Waals surface area contributed by atoms with E-state index in [2.05, 4.69) is 16.0 Å². The van der Waals surface area contributed by atoms with Crippen molar-refractivity contribution in [3.63, 3.8) is 0 Å². The molecule has 0 unspecified atom stereocenters. The molecule has 0 saturated heterocycles. The lowest BCUT2D eigenvalue weighted by Gasteiger charge is -2.31. The molecule has 3 amide bonds. The van der Waals surface area contributed by atoms with Crippen molar-refractivity contribution >= 4 is 29.3 Å². The summed E-state index contributed by atoms with van der Waals surface area (Å²) in [6.07, 6.45) is 2.27. The topological polar surface area (TPSA) is 99.8 Å². The summed E-state index contributed by atoms with van der Waals surface area (Å²) in [6.45, 7) is 3.94. The lowest BCUT2D eigenvalue weighted by atomic mass is 10.0. The molecule has 2 aliphatic rings. The molecule has 3 N–H and O–H groups in total. The molecule has 1 fully saturated rings. The van der Waals surface area contributed by atoms with Crippen LogP contribution >= 0.6 is 11.6 Å². The zero-order valence-electron chi connectivity index (χ0n) is 23.5. The normalized spacial score (nSPS) is 25.3. The Bertz CT molecular complexity index is 1260. The molecular weight excluding hydrogens is 554 g/mol. The van der Waals surface area contributed by atoms with E-state index in [1.807, 2.05) is 0 Å². The molecule has 2 aromatic carbocycles. The number of nitrogens with one attached hydrogen (secondary N) is 3. The number of amides is 3. The van der Waals surface area contributed by atoms with Crippen LogP contribution in [0.1, 0.15) is 44.2 Å². The zero-order chi connectivity index (χ0) is 29.7. The van der Waals surface area contributed by atoms with Gasteiger partial charge in [-0.3, -0.25) is 14.4 Å². The first kappa shape index (κ1) is 30.7. The van der Waals surface area contributed by atoms with E-state index in [1.54, 1.807) is 45.2 Å². The molecule has 2 aromatic rings. The van der Waals surface area contributed by atoms with E-state index >= 15 is 0 Å². The maximum Gasteiger partial charge on any atom is 0.243 e. The lowest BCUT2D eigenvalue weighted by molar-refractivity contribution is -0.141. The first-order valence-corrected chi connectivity index (χ1v) is 14.4. The molecule has 4 rings (SSSR count). The van der Waals surface area contributed by atoms with Gasteiger partial charge in [-0.15, -0.1) is 0 Å². The second kappa shape index (κ2) is 13.6. The molecule has 0 aromatic heterocycles. The highest BCUT2D eigenvalue weighted by molar-refractivity contribution is 6.30. The number of fused-ring (bicyclic) bond motifs is 1. The van der Waals surface area contributed by atoms with Crippen molar-refractivity contribution in [1.82, 2.24) is 20.9 Å². The van der Waals surface area contributed by atoms with E-state index in [1.165, 1.54) is 4.90 Å². The molecule has 41 heavy (non-hydrogen) atoms. The van der Waals surface area contributed by atoms with Crippen LogP contribution in [0.15, 0.2) is 36.4 Å². The Kier molecular flexibility index (Phi) is 10.2. The third kappa shape index (κ3) is 8.16. The predicted octanol–water partition coefficient (Wildman–Crippen LogP) is 3.39. The van der Waals surface area contributed by atoms with E-state index in [9.17, 15) is 23.2 Å². The fourth-order valence-corrected chi connectivity index (χ4v) is 4.99. The van der Waals surface area contributed by atoms with E-state index in [0.29, 0.717) is 30.0 Å². The third-order valence-electron chi connectivity index (χ3n) is 7.63. The van der Waals surface area contributed by atoms with Crippen LogP contribution < -0.4 is 20.7 Å². The molecule has 1 aliphatic heterocycles. The van der Waals surface area contributed by atoms with Gasteiger partial charge in [0.1, 0.15) is 23.9 Å². The fourth-order valence-electron chi connectivity index (χ4n) is 4.87. The number of halogens is 3. The number of carbonyl (C=O) groups excluding carboxylic acids is 3. The molecule has 11 heteroatoms. The molecule has 0 spiro atoms. The number of hydrogen-bond donors (Lipinski definition) is 3. The van der Waals surface area contributed by atoms with Gasteiger partial charge in [0, 0.05) is 37.6 Å². The van der Waals surface area contributed by atoms with Gasteiger partial charge in [0.15, 0.2) is 11.6 Å². The Morgan fingerprint density at radius 1 is 1.02 bits per heavy atom. The van der Waals surface area contributed by atoms with Crippen LogP contribution in [0.5, 0.6) is 5.75 Å². The maximum absolute atomic E-state index is 14.1. The smallest absolute Gasteiger partial charge is 0.243 e. The molecule has 0 radical (unpaired) electrons. The summed E-state index contributed by atoms with van der Waals surface area (Å²) in [7, 11) is 1.57. The van der Waals surface area contributed by atoms with Crippen molar-refractivity contribution in [1.29, 1.82) is 0 Å². The number of rotatable bonds is 3. The van der Waals surface area contributed by atoms with Crippen LogP contribution in [0.3, 0.4) is 0 Å². The summed E-state index contributed by atoms with van der Waals surface area (Å²) in [6, 6.07) is 6.86. The average molecular weight is 591 g/mol. The summed E-state index contributed by atoms with van der Waals surface area (Å²) < 4.78 is 34.2. The molecule has 8 nitrogen and oxygen atoms in total. The number of likely N-dealkylation sites (N-methyl/N-ethyl adjacent to an activating group) is 1. The number of carbonyl (C=O) groups is 3. The standard InChI is InChI=1S/C30H37ClF2N4O4/c1-17-16-35-27(20-8-9-20)30(40)37(3)18(2)28(38)36-25(13-19-6-10-22(31)11-7-19)29(39)34-12-4-5-21-14-23(32)24(33)15-26(21)41-17/h6-7,10-11,14-15,17-18,20,25,27,35H,4-5,8-9,12-13,16H2,1-3H3,(H,34,39)(H,36,38)/t17-,18-,25-,27+/m1/s1. The highest BCUT2D eigenvalue weighted by Crippen LogP contribution is 2.34. The monoisotopic (exact) mass is 590 g/mol. The molecule has 1 heterocycles. The third-order valence-corrected chi connectivity index (χ3v) is 7.88. The summed E-state index contributed by atoms with van der Waals surface area (Å²) in [4.78, 5) is 41.4. The van der Waals surface area contributed by atoms with Crippen molar-refractivity contribution in [2.75, 3.05) is 20.1 Å². The number of benzene rings is 2. The first-order valence-electron chi connectivity index (χ1n) is 14.0. The van der Waals surface area contributed by atoms with E-state index < -0.39 is 47.7 Å². The van der Waals surface area contributed by atoms with E-state index in [4.69, 9.17) is 16.3 Å². The lowest BCUT2D eigenvalue weighted by Crippen LogP contribution is -2.57. The van der Waals surface area contributed by atoms with Crippen molar-refractivity contribution in [3.8, 4) is 5.75 Å². The van der Waals surface area contributed by atoms with Crippen LogP contribution in [0.2, 0.25) is 5.02 Å². The second-order valence-corrected chi connectivity index (χ2v) is 11.4. The Morgan fingerprint density at radius 3 is 2.39 bits per heavy atom. The molecule has 1 aliphatic carbocycles. The van der Waals surface area contributed by atoms with Crippen LogP contribution in [0.25, 0.3) is 0 Å². The first-order chi connectivity index (χ1) is 19.5. The van der Waals surface area contributed by atoms with Crippen molar-refractivity contribution in [2.45, 2.75) is 70.2 Å². The summed E-state index contributed by atoms with van der Waals surface area (Å²) in [5.41, 5.74) is 1.27. The highest BCUT2D eigenvalue weighted by atomic mass is 35.5. The summed E-state index contributed by atoms with van der Waals surface area (Å²) >= 11 is 6.01. The SMILES string of the molecule is C[C@@H]1CN[C@@H](C2CC2)C(=O)N(C)[C@H](C)C(=O)N[C@H](Cc2ccc(Cl)cc2)C(=O)NCCCc2cc(F)c(F)cc2O1. The molecule has 222 valence electrons. The number of ether oxygens (including phenoxy) is 1. The van der Waals surface area contributed by atoms with Gasteiger partial charge >= 0.3 is 0 Å². The minimum atomic E-state index is -1.01. The Balaban J connectivity index is 1.59. The quantitative estimate of drug-likeness (QED) is 0.509. The van der Waals surface area contributed by atoms with Crippen LogP contribution in [-0.2, 0) is 27.2 Å². The maximum atomic E-state index is 14.1. The van der Waals surface area contributed by atoms with Gasteiger partial charge in [0.05, 0.1) is 6.04 Å². The highest BCUT2D eigenvalue weighted by Gasteiger charge is 2.39. The summed E-state index contributed by atoms with van der Waals surface area (Å²) in [5.74, 6) is -2.74. The Hall–Kier alpha value is -3.24. The average Bonchev–Trinajstić information content (AvgIpc) is 3.78. The van der Waals surface area contributed by atoms with E-state index in [0.717, 1.165) is 30.5 Å². The fraction of sp³-hybridized carbons (Fsp3) is 0.500. The predicted molar refractivity (Wildman–Crippen MR) is 152 cm³/mol. The largest absolute Gasteiger partial charge is 0.489 e. The van der Waals surface area contributed by atoms with Crippen molar-refractivity contribution < 1.29 is 27.9 Å². The Labute approximate surface area is 244 Å². The molecule has 1 saturated carbocycles. The van der Waals surface area contributed by atoms with Crippen LogP contribution in [0.4, 0.5) is 8.78 Å². The van der Waals surface area contributed by atoms with Crippen molar-refractivity contribution in [3.05, 3.63) is 64.2 Å². The zero-order valence-corrected chi connectivity index (χ0v) is 24.3. The summed E-state index contributed by atoms with van der Waals surface area (Å²) in [5, 5.41) is 9.48. The van der Waals surface area contributed by atoms with Gasteiger partial charge in [0.25, 0.3) is 0 Å². The molecule has 0 bridgehead atoms. The number of aryl methyl sites for hydroxylation is 1. The van der Waals surface area contributed by atoms with Gasteiger partial charge in [-0.25, -0.2) is 8.78 Å². The van der Waals surface area contributed by atoms with Gasteiger partial charge in [-0.1, -0.05) is 23.7 Å². The van der Waals surface area contributed by atoms with Gasteiger partial charge in [-0.05, 0) is 74.8 Å². The molecule has 4 atom stereocenters. The Morgan fingerprint density at radius 2 is 1.71 bits per heavy atom. The van der Waals surface area contributed by atoms with E-state index in [-0.39, 0.29) is 30.5 Å². The van der Waals surface area contributed by atoms with Crippen LogP contribution in [-0.4, -0.2) is 67.0 Å². The minimum Gasteiger partial charge on any atom is -0.489 e. The van der Waals surface area contributed by atoms with Crippen molar-refractivity contribution in [2.24, 2.45) is 5.92 Å². The minimum absolute atomic E-state index is 0.125.